The van der Waals surface area contributed by atoms with E-state index in [9.17, 15) is 4.79 Å². The Hall–Kier alpha value is -1.52. The molecule has 0 spiro atoms. The maximum atomic E-state index is 11.1. The fourth-order valence-corrected chi connectivity index (χ4v) is 2.07. The summed E-state index contributed by atoms with van der Waals surface area (Å²) in [7, 11) is 0. The highest BCUT2D eigenvalue weighted by Gasteiger charge is 2.14. The van der Waals surface area contributed by atoms with Gasteiger partial charge in [-0.05, 0) is 25.1 Å². The Bertz CT molecular complexity index is 592. The van der Waals surface area contributed by atoms with Crippen LogP contribution < -0.4 is 5.73 Å². The zero-order valence-corrected chi connectivity index (χ0v) is 10.5. The molecule has 0 aliphatic heterocycles. The molecule has 0 radical (unpaired) electrons. The maximum Gasteiger partial charge on any atom is 0.269 e. The lowest BCUT2D eigenvalue weighted by molar-refractivity contribution is 0.0995. The predicted octanol–water partition coefficient (Wildman–Crippen LogP) is 2.59. The minimum absolute atomic E-state index is 0.232. The number of carbonyl (C=O) groups is 1. The van der Waals surface area contributed by atoms with E-state index in [1.807, 2.05) is 0 Å². The molecule has 2 rings (SSSR count). The summed E-state index contributed by atoms with van der Waals surface area (Å²) in [6, 6.07) is 5.10. The number of primary amides is 1. The number of hydrogen-bond acceptors (Lipinski definition) is 2. The van der Waals surface area contributed by atoms with E-state index in [0.717, 1.165) is 0 Å². The van der Waals surface area contributed by atoms with Crippen LogP contribution in [0.4, 0.5) is 0 Å². The van der Waals surface area contributed by atoms with Crippen LogP contribution in [0.15, 0.2) is 24.5 Å². The van der Waals surface area contributed by atoms with E-state index in [4.69, 9.17) is 28.9 Å². The van der Waals surface area contributed by atoms with E-state index in [0.29, 0.717) is 21.4 Å². The second-order valence-corrected chi connectivity index (χ2v) is 4.35. The molecule has 0 atom stereocenters. The fourth-order valence-electron chi connectivity index (χ4n) is 1.57. The van der Waals surface area contributed by atoms with E-state index in [1.165, 1.54) is 6.33 Å². The van der Waals surface area contributed by atoms with Crippen molar-refractivity contribution in [3.8, 4) is 5.69 Å². The van der Waals surface area contributed by atoms with Gasteiger partial charge in [0.05, 0.1) is 16.4 Å². The van der Waals surface area contributed by atoms with E-state index in [-0.39, 0.29) is 5.69 Å². The second kappa shape index (κ2) is 4.39. The van der Waals surface area contributed by atoms with Crippen molar-refractivity contribution in [1.29, 1.82) is 0 Å². The van der Waals surface area contributed by atoms with Gasteiger partial charge in [-0.25, -0.2) is 4.98 Å². The van der Waals surface area contributed by atoms with Crippen LogP contribution in [0.1, 0.15) is 16.2 Å². The summed E-state index contributed by atoms with van der Waals surface area (Å²) in [5.74, 6) is -0.564. The molecule has 0 fully saturated rings. The summed E-state index contributed by atoms with van der Waals surface area (Å²) in [6.45, 7) is 1.75. The van der Waals surface area contributed by atoms with E-state index in [2.05, 4.69) is 4.98 Å². The number of halogens is 2. The van der Waals surface area contributed by atoms with Gasteiger partial charge in [0.15, 0.2) is 0 Å². The number of hydrogen-bond donors (Lipinski definition) is 1. The van der Waals surface area contributed by atoms with Gasteiger partial charge in [-0.15, -0.1) is 0 Å². The Morgan fingerprint density at radius 1 is 1.41 bits per heavy atom. The van der Waals surface area contributed by atoms with E-state index >= 15 is 0 Å². The SMILES string of the molecule is Cc1c(C(N)=O)ncn1-c1ccc(Cl)cc1Cl. The molecule has 17 heavy (non-hydrogen) atoms. The molecule has 2 aromatic rings. The van der Waals surface area contributed by atoms with Crippen molar-refractivity contribution in [1.82, 2.24) is 9.55 Å². The largest absolute Gasteiger partial charge is 0.364 e. The van der Waals surface area contributed by atoms with Crippen LogP contribution in [0.5, 0.6) is 0 Å². The van der Waals surface area contributed by atoms with Crippen molar-refractivity contribution in [3.63, 3.8) is 0 Å². The van der Waals surface area contributed by atoms with Crippen molar-refractivity contribution in [3.05, 3.63) is 46.0 Å². The van der Waals surface area contributed by atoms with Crippen molar-refractivity contribution < 1.29 is 4.79 Å². The minimum Gasteiger partial charge on any atom is -0.364 e. The number of nitrogens with zero attached hydrogens (tertiary/aromatic N) is 2. The molecule has 1 amide bonds. The third kappa shape index (κ3) is 2.14. The van der Waals surface area contributed by atoms with Crippen LogP contribution in [0, 0.1) is 6.92 Å². The molecule has 1 aromatic carbocycles. The molecule has 0 unspecified atom stereocenters. The standard InChI is InChI=1S/C11H9Cl2N3O/c1-6-10(11(14)17)15-5-16(6)9-3-2-7(12)4-8(9)13/h2-5H,1H3,(H2,14,17). The number of carbonyl (C=O) groups excluding carboxylic acids is 1. The molecule has 0 aliphatic rings. The van der Waals surface area contributed by atoms with Gasteiger partial charge in [0.25, 0.3) is 5.91 Å². The van der Waals surface area contributed by atoms with Crippen LogP contribution in [0.3, 0.4) is 0 Å². The lowest BCUT2D eigenvalue weighted by atomic mass is 10.3. The third-order valence-corrected chi connectivity index (χ3v) is 2.95. The van der Waals surface area contributed by atoms with Crippen molar-refractivity contribution >= 4 is 29.1 Å². The summed E-state index contributed by atoms with van der Waals surface area (Å²) in [5.41, 5.74) is 6.77. The molecular formula is C11H9Cl2N3O. The summed E-state index contributed by atoms with van der Waals surface area (Å²) in [6.07, 6.45) is 1.50. The molecular weight excluding hydrogens is 261 g/mol. The van der Waals surface area contributed by atoms with Gasteiger partial charge < -0.3 is 10.3 Å². The number of benzene rings is 1. The smallest absolute Gasteiger partial charge is 0.269 e. The van der Waals surface area contributed by atoms with Crippen molar-refractivity contribution in [2.45, 2.75) is 6.92 Å². The van der Waals surface area contributed by atoms with Gasteiger partial charge in [-0.1, -0.05) is 23.2 Å². The van der Waals surface area contributed by atoms with E-state index < -0.39 is 5.91 Å². The maximum absolute atomic E-state index is 11.1. The van der Waals surface area contributed by atoms with Crippen LogP contribution >= 0.6 is 23.2 Å². The summed E-state index contributed by atoms with van der Waals surface area (Å²) in [5, 5.41) is 1.03. The Labute approximate surface area is 108 Å². The zero-order chi connectivity index (χ0) is 12.6. The Morgan fingerprint density at radius 2 is 2.12 bits per heavy atom. The molecule has 4 nitrogen and oxygen atoms in total. The fraction of sp³-hybridized carbons (Fsp3) is 0.0909. The molecule has 0 bridgehead atoms. The third-order valence-electron chi connectivity index (χ3n) is 2.41. The van der Waals surface area contributed by atoms with Gasteiger partial charge in [-0.3, -0.25) is 4.79 Å². The van der Waals surface area contributed by atoms with Crippen molar-refractivity contribution in [2.24, 2.45) is 5.73 Å². The molecule has 6 heteroatoms. The Morgan fingerprint density at radius 3 is 2.65 bits per heavy atom. The average molecular weight is 270 g/mol. The topological polar surface area (TPSA) is 60.9 Å². The number of aromatic nitrogens is 2. The van der Waals surface area contributed by atoms with Gasteiger partial charge in [0.1, 0.15) is 12.0 Å². The number of amides is 1. The monoisotopic (exact) mass is 269 g/mol. The molecule has 1 heterocycles. The number of imidazole rings is 1. The highest BCUT2D eigenvalue weighted by molar-refractivity contribution is 6.35. The molecule has 88 valence electrons. The van der Waals surface area contributed by atoms with Gasteiger partial charge in [0, 0.05) is 5.02 Å². The van der Waals surface area contributed by atoms with Crippen LogP contribution in [0.25, 0.3) is 5.69 Å². The predicted molar refractivity (Wildman–Crippen MR) is 66.8 cm³/mol. The quantitative estimate of drug-likeness (QED) is 0.911. The average Bonchev–Trinajstić information content (AvgIpc) is 2.60. The molecule has 0 aliphatic carbocycles. The first-order chi connectivity index (χ1) is 8.00. The highest BCUT2D eigenvalue weighted by Crippen LogP contribution is 2.25. The highest BCUT2D eigenvalue weighted by atomic mass is 35.5. The summed E-state index contributed by atoms with van der Waals surface area (Å²) in [4.78, 5) is 15.0. The minimum atomic E-state index is -0.564. The summed E-state index contributed by atoms with van der Waals surface area (Å²) < 4.78 is 1.69. The van der Waals surface area contributed by atoms with Crippen LogP contribution in [-0.2, 0) is 0 Å². The molecule has 1 aromatic heterocycles. The Balaban J connectivity index is 2.57. The first-order valence-corrected chi connectivity index (χ1v) is 5.55. The van der Waals surface area contributed by atoms with Crippen molar-refractivity contribution in [2.75, 3.05) is 0 Å². The number of rotatable bonds is 2. The van der Waals surface area contributed by atoms with Crippen LogP contribution in [-0.4, -0.2) is 15.5 Å². The Kier molecular flexibility index (Phi) is 3.09. The normalized spacial score (nSPS) is 10.5. The summed E-state index contributed by atoms with van der Waals surface area (Å²) >= 11 is 11.9. The van der Waals surface area contributed by atoms with Gasteiger partial charge in [0.2, 0.25) is 0 Å². The van der Waals surface area contributed by atoms with Gasteiger partial charge in [-0.2, -0.15) is 0 Å². The first kappa shape index (κ1) is 12.0. The second-order valence-electron chi connectivity index (χ2n) is 3.51. The molecule has 2 N–H and O–H groups in total. The molecule has 0 saturated carbocycles. The number of nitrogens with two attached hydrogens (primary N) is 1. The van der Waals surface area contributed by atoms with Crippen LogP contribution in [0.2, 0.25) is 10.0 Å². The molecule has 0 saturated heterocycles. The van der Waals surface area contributed by atoms with Gasteiger partial charge >= 0.3 is 0 Å². The zero-order valence-electron chi connectivity index (χ0n) is 8.95. The first-order valence-electron chi connectivity index (χ1n) is 4.80. The lowest BCUT2D eigenvalue weighted by Gasteiger charge is -2.07. The lowest BCUT2D eigenvalue weighted by Crippen LogP contribution is -2.13. The van der Waals surface area contributed by atoms with E-state index in [1.54, 1.807) is 29.7 Å².